The number of rotatable bonds is 2. The summed E-state index contributed by atoms with van der Waals surface area (Å²) in [7, 11) is 0. The number of pyridine rings is 1. The standard InChI is InChI=1S/C8H3F3N2O/c9-7-4(2-12)1-5(8(10)11)13-6(7)3-14/h1,3,8H. The molecule has 1 rings (SSSR count). The molecule has 0 aliphatic carbocycles. The zero-order valence-corrected chi connectivity index (χ0v) is 6.67. The molecule has 1 aromatic rings. The first-order valence-corrected chi connectivity index (χ1v) is 3.44. The SMILES string of the molecule is N#Cc1cc(C(F)F)nc(C=O)c1F. The number of aromatic nitrogens is 1. The van der Waals surface area contributed by atoms with Crippen LogP contribution in [0.15, 0.2) is 6.07 Å². The molecule has 0 aliphatic heterocycles. The van der Waals surface area contributed by atoms with Crippen LogP contribution in [-0.2, 0) is 0 Å². The predicted molar refractivity (Wildman–Crippen MR) is 39.3 cm³/mol. The zero-order chi connectivity index (χ0) is 10.7. The van der Waals surface area contributed by atoms with E-state index in [0.29, 0.717) is 6.07 Å². The minimum Gasteiger partial charge on any atom is -0.296 e. The largest absolute Gasteiger partial charge is 0.296 e. The highest BCUT2D eigenvalue weighted by atomic mass is 19.3. The Morgan fingerprint density at radius 3 is 2.64 bits per heavy atom. The van der Waals surface area contributed by atoms with Crippen LogP contribution in [-0.4, -0.2) is 11.3 Å². The van der Waals surface area contributed by atoms with Crippen LogP contribution < -0.4 is 0 Å². The van der Waals surface area contributed by atoms with Crippen molar-refractivity contribution in [1.29, 1.82) is 5.26 Å². The molecular formula is C8H3F3N2O. The first-order valence-electron chi connectivity index (χ1n) is 3.44. The maximum absolute atomic E-state index is 13.0. The maximum Gasteiger partial charge on any atom is 0.280 e. The molecular weight excluding hydrogens is 197 g/mol. The Balaban J connectivity index is 3.41. The fourth-order valence-electron chi connectivity index (χ4n) is 0.841. The molecule has 0 bridgehead atoms. The van der Waals surface area contributed by atoms with Crippen LogP contribution in [0.5, 0.6) is 0 Å². The average Bonchev–Trinajstić information content (AvgIpc) is 2.17. The van der Waals surface area contributed by atoms with Gasteiger partial charge < -0.3 is 0 Å². The van der Waals surface area contributed by atoms with Crippen LogP contribution in [0.2, 0.25) is 0 Å². The lowest BCUT2D eigenvalue weighted by Gasteiger charge is -2.01. The number of aldehydes is 1. The van der Waals surface area contributed by atoms with Gasteiger partial charge in [-0.1, -0.05) is 0 Å². The van der Waals surface area contributed by atoms with Crippen molar-refractivity contribution in [2.45, 2.75) is 6.43 Å². The summed E-state index contributed by atoms with van der Waals surface area (Å²) in [4.78, 5) is 13.3. The van der Waals surface area contributed by atoms with Gasteiger partial charge in [0.05, 0.1) is 5.56 Å². The zero-order valence-electron chi connectivity index (χ0n) is 6.67. The third-order valence-electron chi connectivity index (χ3n) is 1.46. The van der Waals surface area contributed by atoms with Crippen LogP contribution >= 0.6 is 0 Å². The first kappa shape index (κ1) is 10.2. The Labute approximate surface area is 76.8 Å². The predicted octanol–water partition coefficient (Wildman–Crippen LogP) is 1.84. The molecule has 0 fully saturated rings. The van der Waals surface area contributed by atoms with Crippen LogP contribution in [0.4, 0.5) is 13.2 Å². The molecule has 6 heteroatoms. The first-order chi connectivity index (χ1) is 6.60. The molecule has 0 aromatic carbocycles. The van der Waals surface area contributed by atoms with E-state index >= 15 is 0 Å². The molecule has 3 nitrogen and oxygen atoms in total. The number of carbonyl (C=O) groups is 1. The minimum atomic E-state index is -2.94. The molecule has 0 atom stereocenters. The van der Waals surface area contributed by atoms with Crippen molar-refractivity contribution in [3.63, 3.8) is 0 Å². The van der Waals surface area contributed by atoms with Crippen LogP contribution in [0.1, 0.15) is 28.2 Å². The normalized spacial score (nSPS) is 9.93. The molecule has 0 aliphatic rings. The highest BCUT2D eigenvalue weighted by molar-refractivity contribution is 5.73. The molecule has 1 heterocycles. The van der Waals surface area contributed by atoms with Crippen LogP contribution in [0, 0.1) is 17.1 Å². The van der Waals surface area contributed by atoms with E-state index in [1.165, 1.54) is 6.07 Å². The third kappa shape index (κ3) is 1.71. The van der Waals surface area contributed by atoms with Gasteiger partial charge in [0.25, 0.3) is 6.43 Å². The van der Waals surface area contributed by atoms with Gasteiger partial charge >= 0.3 is 0 Å². The second-order valence-corrected chi connectivity index (χ2v) is 2.32. The summed E-state index contributed by atoms with van der Waals surface area (Å²) in [5.74, 6) is -1.17. The molecule has 1 aromatic heterocycles. The van der Waals surface area contributed by atoms with Crippen LogP contribution in [0.3, 0.4) is 0 Å². The van der Waals surface area contributed by atoms with Gasteiger partial charge in [-0.3, -0.25) is 4.79 Å². The second kappa shape index (κ2) is 3.87. The molecule has 0 saturated carbocycles. The Bertz CT molecular complexity index is 412. The maximum atomic E-state index is 13.0. The summed E-state index contributed by atoms with van der Waals surface area (Å²) < 4.78 is 37.2. The van der Waals surface area contributed by atoms with E-state index in [2.05, 4.69) is 4.98 Å². The summed E-state index contributed by atoms with van der Waals surface area (Å²) >= 11 is 0. The van der Waals surface area contributed by atoms with E-state index in [1.807, 2.05) is 0 Å². The summed E-state index contributed by atoms with van der Waals surface area (Å²) in [6.07, 6.45) is -2.96. The van der Waals surface area contributed by atoms with Gasteiger partial charge in [-0.25, -0.2) is 18.2 Å². The molecule has 0 saturated heterocycles. The Kier molecular flexibility index (Phi) is 2.82. The van der Waals surface area contributed by atoms with E-state index < -0.39 is 29.2 Å². The van der Waals surface area contributed by atoms with Gasteiger partial charge in [-0.15, -0.1) is 0 Å². The molecule has 0 radical (unpaired) electrons. The highest BCUT2D eigenvalue weighted by Crippen LogP contribution is 2.20. The van der Waals surface area contributed by atoms with Gasteiger partial charge in [-0.2, -0.15) is 5.26 Å². The minimum absolute atomic E-state index is 0.0119. The van der Waals surface area contributed by atoms with Gasteiger partial charge in [0.1, 0.15) is 17.5 Å². The van der Waals surface area contributed by atoms with Crippen molar-refractivity contribution in [2.75, 3.05) is 0 Å². The van der Waals surface area contributed by atoms with Crippen molar-refractivity contribution in [1.82, 2.24) is 4.98 Å². The number of halogens is 3. The fourth-order valence-corrected chi connectivity index (χ4v) is 0.841. The smallest absolute Gasteiger partial charge is 0.280 e. The summed E-state index contributed by atoms with van der Waals surface area (Å²) in [5, 5.41) is 8.37. The second-order valence-electron chi connectivity index (χ2n) is 2.32. The van der Waals surface area contributed by atoms with Gasteiger partial charge in [-0.05, 0) is 6.07 Å². The Hall–Kier alpha value is -1.90. The molecule has 0 spiro atoms. The van der Waals surface area contributed by atoms with Crippen molar-refractivity contribution in [2.24, 2.45) is 0 Å². The number of hydrogen-bond acceptors (Lipinski definition) is 3. The number of hydrogen-bond donors (Lipinski definition) is 0. The number of alkyl halides is 2. The van der Waals surface area contributed by atoms with E-state index in [4.69, 9.17) is 5.26 Å². The lowest BCUT2D eigenvalue weighted by molar-refractivity contribution is 0.111. The number of nitriles is 1. The van der Waals surface area contributed by atoms with Crippen molar-refractivity contribution in [3.8, 4) is 6.07 Å². The van der Waals surface area contributed by atoms with E-state index in [-0.39, 0.29) is 6.29 Å². The highest BCUT2D eigenvalue weighted by Gasteiger charge is 2.16. The van der Waals surface area contributed by atoms with Gasteiger partial charge in [0.2, 0.25) is 0 Å². The summed E-state index contributed by atoms with van der Waals surface area (Å²) in [6, 6.07) is 1.98. The lowest BCUT2D eigenvalue weighted by Crippen LogP contribution is -2.02. The summed E-state index contributed by atoms with van der Waals surface area (Å²) in [6.45, 7) is 0. The van der Waals surface area contributed by atoms with Crippen molar-refractivity contribution in [3.05, 3.63) is 28.8 Å². The molecule has 0 unspecified atom stereocenters. The van der Waals surface area contributed by atoms with Gasteiger partial charge in [0, 0.05) is 0 Å². The topological polar surface area (TPSA) is 53.8 Å². The Morgan fingerprint density at radius 1 is 1.57 bits per heavy atom. The van der Waals surface area contributed by atoms with E-state index in [0.717, 1.165) is 0 Å². The van der Waals surface area contributed by atoms with Gasteiger partial charge in [0.15, 0.2) is 12.1 Å². The van der Waals surface area contributed by atoms with E-state index in [9.17, 15) is 18.0 Å². The monoisotopic (exact) mass is 200 g/mol. The molecule has 0 N–H and O–H groups in total. The fraction of sp³-hybridized carbons (Fsp3) is 0.125. The van der Waals surface area contributed by atoms with Crippen molar-refractivity contribution >= 4 is 6.29 Å². The number of carbonyl (C=O) groups excluding carboxylic acids is 1. The third-order valence-corrected chi connectivity index (χ3v) is 1.46. The number of nitrogens with zero attached hydrogens (tertiary/aromatic N) is 2. The van der Waals surface area contributed by atoms with E-state index in [1.54, 1.807) is 0 Å². The van der Waals surface area contributed by atoms with Crippen molar-refractivity contribution < 1.29 is 18.0 Å². The van der Waals surface area contributed by atoms with Crippen LogP contribution in [0.25, 0.3) is 0 Å². The molecule has 0 amide bonds. The summed E-state index contributed by atoms with van der Waals surface area (Å²) in [5.41, 5.74) is -2.18. The molecule has 72 valence electrons. The Morgan fingerprint density at radius 2 is 2.21 bits per heavy atom. The lowest BCUT2D eigenvalue weighted by atomic mass is 10.2. The molecule has 14 heavy (non-hydrogen) atoms. The quantitative estimate of drug-likeness (QED) is 0.684. The average molecular weight is 200 g/mol.